The van der Waals surface area contributed by atoms with Crippen LogP contribution in [0.3, 0.4) is 0 Å². The van der Waals surface area contributed by atoms with E-state index in [0.717, 1.165) is 16.3 Å². The monoisotopic (exact) mass is 361 g/mol. The van der Waals surface area contributed by atoms with Gasteiger partial charge in [-0.2, -0.15) is 0 Å². The zero-order valence-corrected chi connectivity index (χ0v) is 14.3. The first-order valence-corrected chi connectivity index (χ1v) is 8.43. The summed E-state index contributed by atoms with van der Waals surface area (Å²) in [5.41, 5.74) is 2.61. The number of imide groups is 1. The molecule has 1 fully saturated rings. The lowest BCUT2D eigenvalue weighted by Crippen LogP contribution is -2.30. The molecule has 0 unspecified atom stereocenters. The van der Waals surface area contributed by atoms with E-state index >= 15 is 0 Å². The van der Waals surface area contributed by atoms with Crippen LogP contribution in [0, 0.1) is 5.82 Å². The van der Waals surface area contributed by atoms with E-state index in [1.165, 1.54) is 12.1 Å². The quantitative estimate of drug-likeness (QED) is 0.569. The van der Waals surface area contributed by atoms with Crippen molar-refractivity contribution in [3.05, 3.63) is 95.7 Å². The van der Waals surface area contributed by atoms with Crippen LogP contribution in [0.2, 0.25) is 0 Å². The van der Waals surface area contributed by atoms with Gasteiger partial charge in [0.15, 0.2) is 0 Å². The van der Waals surface area contributed by atoms with E-state index in [1.54, 1.807) is 18.2 Å². The fourth-order valence-corrected chi connectivity index (χ4v) is 2.97. The van der Waals surface area contributed by atoms with Crippen molar-refractivity contribution in [3.8, 4) is 5.69 Å². The zero-order valence-electron chi connectivity index (χ0n) is 14.3. The molecule has 27 heavy (non-hydrogen) atoms. The number of benzene rings is 2. The van der Waals surface area contributed by atoms with Crippen molar-refractivity contribution in [1.82, 2.24) is 14.8 Å². The minimum atomic E-state index is -0.492. The van der Waals surface area contributed by atoms with Crippen molar-refractivity contribution in [2.75, 3.05) is 0 Å². The lowest BCUT2D eigenvalue weighted by molar-refractivity contribution is -0.123. The van der Waals surface area contributed by atoms with Crippen LogP contribution in [0.4, 0.5) is 9.18 Å². The Morgan fingerprint density at radius 1 is 0.926 bits per heavy atom. The van der Waals surface area contributed by atoms with Crippen molar-refractivity contribution < 1.29 is 14.0 Å². The van der Waals surface area contributed by atoms with Crippen LogP contribution >= 0.6 is 0 Å². The molecule has 5 nitrogen and oxygen atoms in total. The third kappa shape index (κ3) is 3.37. The van der Waals surface area contributed by atoms with Crippen LogP contribution < -0.4 is 5.32 Å². The summed E-state index contributed by atoms with van der Waals surface area (Å²) in [6, 6.07) is 18.7. The number of hydrogen-bond acceptors (Lipinski definition) is 2. The molecule has 2 aromatic carbocycles. The Morgan fingerprint density at radius 3 is 2.41 bits per heavy atom. The summed E-state index contributed by atoms with van der Waals surface area (Å²) in [5.74, 6) is -0.775. The molecule has 3 amide bonds. The second-order valence-corrected chi connectivity index (χ2v) is 6.14. The van der Waals surface area contributed by atoms with Gasteiger partial charge in [-0.1, -0.05) is 30.3 Å². The highest BCUT2D eigenvalue weighted by Gasteiger charge is 2.33. The number of halogens is 1. The van der Waals surface area contributed by atoms with Crippen molar-refractivity contribution in [3.63, 3.8) is 0 Å². The largest absolute Gasteiger partial charge is 0.329 e. The Morgan fingerprint density at radius 2 is 1.67 bits per heavy atom. The van der Waals surface area contributed by atoms with E-state index in [4.69, 9.17) is 0 Å². The molecule has 4 rings (SSSR count). The zero-order chi connectivity index (χ0) is 18.8. The van der Waals surface area contributed by atoms with Gasteiger partial charge in [0.05, 0.1) is 6.54 Å². The van der Waals surface area contributed by atoms with Gasteiger partial charge in [-0.05, 0) is 48.0 Å². The van der Waals surface area contributed by atoms with Crippen LogP contribution in [0.15, 0.2) is 78.6 Å². The molecule has 3 aromatic rings. The summed E-state index contributed by atoms with van der Waals surface area (Å²) in [5, 5.41) is 2.61. The summed E-state index contributed by atoms with van der Waals surface area (Å²) >= 11 is 0. The minimum Gasteiger partial charge on any atom is -0.317 e. The van der Waals surface area contributed by atoms with Crippen LogP contribution in [-0.2, 0) is 11.3 Å². The van der Waals surface area contributed by atoms with Crippen LogP contribution in [-0.4, -0.2) is 21.4 Å². The van der Waals surface area contributed by atoms with Gasteiger partial charge in [0, 0.05) is 17.6 Å². The summed E-state index contributed by atoms with van der Waals surface area (Å²) in [6.45, 7) is 0.0853. The normalized spacial score (nSPS) is 15.4. The first-order chi connectivity index (χ1) is 13.1. The molecule has 1 N–H and O–H groups in total. The van der Waals surface area contributed by atoms with Gasteiger partial charge in [-0.15, -0.1) is 0 Å². The predicted octanol–water partition coefficient (Wildman–Crippen LogP) is 3.71. The molecule has 0 saturated carbocycles. The number of rotatable bonds is 4. The molecule has 2 heterocycles. The smallest absolute Gasteiger partial charge is 0.317 e. The molecule has 0 radical (unpaired) electrons. The van der Waals surface area contributed by atoms with E-state index in [9.17, 15) is 14.0 Å². The Kier molecular flexibility index (Phi) is 4.30. The Labute approximate surface area is 155 Å². The van der Waals surface area contributed by atoms with Crippen molar-refractivity contribution in [1.29, 1.82) is 0 Å². The molecule has 1 aliphatic heterocycles. The number of hydrogen-bond donors (Lipinski definition) is 1. The first kappa shape index (κ1) is 16.8. The van der Waals surface area contributed by atoms with Crippen molar-refractivity contribution >= 4 is 18.0 Å². The standard InChI is InChI=1S/C21H16FN3O2/c22-16-10-8-15(9-11-16)14-25-20(26)19(23-21(25)27)13-18-7-4-12-24(18)17-5-2-1-3-6-17/h1-13H,14H2,(H,23,27)/b19-13-. The minimum absolute atomic E-state index is 0.0853. The maximum absolute atomic E-state index is 13.0. The van der Waals surface area contributed by atoms with Gasteiger partial charge in [-0.3, -0.25) is 9.69 Å². The number of nitrogens with zero attached hydrogens (tertiary/aromatic N) is 2. The highest BCUT2D eigenvalue weighted by Crippen LogP contribution is 2.19. The average Bonchev–Trinajstić information content (AvgIpc) is 3.24. The van der Waals surface area contributed by atoms with E-state index in [2.05, 4.69) is 5.32 Å². The molecule has 0 aliphatic carbocycles. The van der Waals surface area contributed by atoms with Gasteiger partial charge >= 0.3 is 6.03 Å². The van der Waals surface area contributed by atoms with E-state index < -0.39 is 11.9 Å². The maximum Gasteiger partial charge on any atom is 0.329 e. The second-order valence-electron chi connectivity index (χ2n) is 6.14. The molecule has 134 valence electrons. The molecular weight excluding hydrogens is 345 g/mol. The van der Waals surface area contributed by atoms with Crippen LogP contribution in [0.25, 0.3) is 11.8 Å². The number of aromatic nitrogens is 1. The molecule has 1 aromatic heterocycles. The fraction of sp³-hybridized carbons (Fsp3) is 0.0476. The lowest BCUT2D eigenvalue weighted by atomic mass is 10.2. The Balaban J connectivity index is 1.59. The molecule has 6 heteroatoms. The van der Waals surface area contributed by atoms with Gasteiger partial charge in [0.2, 0.25) is 0 Å². The fourth-order valence-electron chi connectivity index (χ4n) is 2.97. The molecule has 1 saturated heterocycles. The van der Waals surface area contributed by atoms with E-state index in [1.807, 2.05) is 53.2 Å². The van der Waals surface area contributed by atoms with Gasteiger partial charge in [-0.25, -0.2) is 9.18 Å². The average molecular weight is 361 g/mol. The maximum atomic E-state index is 13.0. The van der Waals surface area contributed by atoms with Gasteiger partial charge in [0.25, 0.3) is 5.91 Å². The Hall–Kier alpha value is -3.67. The number of urea groups is 1. The number of para-hydroxylation sites is 1. The molecule has 1 aliphatic rings. The predicted molar refractivity (Wildman–Crippen MR) is 99.2 cm³/mol. The van der Waals surface area contributed by atoms with Crippen molar-refractivity contribution in [2.24, 2.45) is 0 Å². The van der Waals surface area contributed by atoms with Gasteiger partial charge in [0.1, 0.15) is 11.5 Å². The molecular formula is C21H16FN3O2. The molecule has 0 bridgehead atoms. The number of carbonyl (C=O) groups excluding carboxylic acids is 2. The number of amides is 3. The second kappa shape index (κ2) is 6.92. The lowest BCUT2D eigenvalue weighted by Gasteiger charge is -2.11. The highest BCUT2D eigenvalue weighted by molar-refractivity contribution is 6.13. The number of carbonyl (C=O) groups is 2. The van der Waals surface area contributed by atoms with E-state index in [-0.39, 0.29) is 18.1 Å². The van der Waals surface area contributed by atoms with Crippen LogP contribution in [0.1, 0.15) is 11.3 Å². The summed E-state index contributed by atoms with van der Waals surface area (Å²) < 4.78 is 15.0. The summed E-state index contributed by atoms with van der Waals surface area (Å²) in [6.07, 6.45) is 3.54. The summed E-state index contributed by atoms with van der Waals surface area (Å²) in [7, 11) is 0. The first-order valence-electron chi connectivity index (χ1n) is 8.43. The Bertz CT molecular complexity index is 1020. The topological polar surface area (TPSA) is 54.3 Å². The van der Waals surface area contributed by atoms with Gasteiger partial charge < -0.3 is 9.88 Å². The molecule has 0 atom stereocenters. The highest BCUT2D eigenvalue weighted by atomic mass is 19.1. The number of nitrogens with one attached hydrogen (secondary N) is 1. The van der Waals surface area contributed by atoms with Crippen molar-refractivity contribution in [2.45, 2.75) is 6.54 Å². The third-order valence-electron chi connectivity index (χ3n) is 4.32. The third-order valence-corrected chi connectivity index (χ3v) is 4.32. The molecule has 0 spiro atoms. The van der Waals surface area contributed by atoms with E-state index in [0.29, 0.717) is 5.56 Å². The SMILES string of the molecule is O=C1N/C(=C\c2cccn2-c2ccccc2)C(=O)N1Cc1ccc(F)cc1. The summed E-state index contributed by atoms with van der Waals surface area (Å²) in [4.78, 5) is 26.0. The van der Waals surface area contributed by atoms with Crippen LogP contribution in [0.5, 0.6) is 0 Å².